The van der Waals surface area contributed by atoms with Crippen molar-refractivity contribution in [3.05, 3.63) is 52.7 Å². The molecular weight excluding hydrogens is 212 g/mol. The summed E-state index contributed by atoms with van der Waals surface area (Å²) in [5, 5.41) is 0. The minimum absolute atomic E-state index is 0.0706. The number of hydrogen-bond donors (Lipinski definition) is 1. The molecule has 0 aliphatic heterocycles. The minimum Gasteiger partial charge on any atom is -0.309 e. The van der Waals surface area contributed by atoms with Crippen LogP contribution < -0.4 is 5.69 Å². The third-order valence-corrected chi connectivity index (χ3v) is 3.26. The number of aromatic nitrogens is 2. The summed E-state index contributed by atoms with van der Waals surface area (Å²) in [7, 11) is 0. The van der Waals surface area contributed by atoms with E-state index in [-0.39, 0.29) is 5.69 Å². The molecule has 1 aromatic heterocycles. The first kappa shape index (κ1) is 11.7. The maximum Gasteiger partial charge on any atom is 0.330 e. The van der Waals surface area contributed by atoms with Gasteiger partial charge in [0.05, 0.1) is 5.69 Å². The number of hydrogen-bond acceptors (Lipinski definition) is 1. The van der Waals surface area contributed by atoms with Crippen molar-refractivity contribution in [2.45, 2.75) is 26.7 Å². The van der Waals surface area contributed by atoms with Crippen molar-refractivity contribution >= 4 is 0 Å². The maximum atomic E-state index is 11.9. The highest BCUT2D eigenvalue weighted by atomic mass is 16.1. The lowest BCUT2D eigenvalue weighted by Crippen LogP contribution is -2.14. The van der Waals surface area contributed by atoms with Crippen LogP contribution in [0.1, 0.15) is 32.4 Å². The first-order valence-electron chi connectivity index (χ1n) is 5.96. The van der Waals surface area contributed by atoms with Crippen LogP contribution in [0, 0.1) is 5.92 Å². The lowest BCUT2D eigenvalue weighted by Gasteiger charge is -2.12. The van der Waals surface area contributed by atoms with Crippen molar-refractivity contribution in [3.8, 4) is 5.69 Å². The zero-order valence-corrected chi connectivity index (χ0v) is 10.5. The Balaban J connectivity index is 2.42. The topological polar surface area (TPSA) is 37.8 Å². The van der Waals surface area contributed by atoms with Gasteiger partial charge in [0.2, 0.25) is 0 Å². The molecule has 1 N–H and O–H groups in total. The second kappa shape index (κ2) is 4.62. The summed E-state index contributed by atoms with van der Waals surface area (Å²) in [5.74, 6) is 0.866. The minimum atomic E-state index is -0.0706. The second-order valence-electron chi connectivity index (χ2n) is 4.75. The molecule has 1 aromatic carbocycles. The van der Waals surface area contributed by atoms with E-state index in [0.29, 0.717) is 11.8 Å². The molecule has 0 spiro atoms. The smallest absolute Gasteiger partial charge is 0.309 e. The van der Waals surface area contributed by atoms with Crippen molar-refractivity contribution in [1.29, 1.82) is 0 Å². The SMILES string of the molecule is CC(C)C(C)c1cn(-c2ccccc2)c(=O)[nH]1. The van der Waals surface area contributed by atoms with Crippen LogP contribution in [0.15, 0.2) is 41.3 Å². The Morgan fingerprint density at radius 1 is 1.12 bits per heavy atom. The van der Waals surface area contributed by atoms with Gasteiger partial charge in [-0.1, -0.05) is 39.0 Å². The summed E-state index contributed by atoms with van der Waals surface area (Å²) in [5.41, 5.74) is 1.82. The average Bonchev–Trinajstić information content (AvgIpc) is 2.71. The number of nitrogens with zero attached hydrogens (tertiary/aromatic N) is 1. The van der Waals surface area contributed by atoms with Gasteiger partial charge in [0.1, 0.15) is 0 Å². The van der Waals surface area contributed by atoms with Gasteiger partial charge in [-0.3, -0.25) is 4.57 Å². The fourth-order valence-corrected chi connectivity index (χ4v) is 1.78. The first-order chi connectivity index (χ1) is 8.09. The lowest BCUT2D eigenvalue weighted by atomic mass is 9.95. The number of aromatic amines is 1. The number of rotatable bonds is 3. The van der Waals surface area contributed by atoms with Crippen LogP contribution in [-0.2, 0) is 0 Å². The molecule has 2 aromatic rings. The molecule has 1 atom stereocenters. The van der Waals surface area contributed by atoms with E-state index < -0.39 is 0 Å². The molecule has 0 aliphatic carbocycles. The molecule has 90 valence electrons. The predicted molar refractivity (Wildman–Crippen MR) is 69.6 cm³/mol. The van der Waals surface area contributed by atoms with Gasteiger partial charge in [0.15, 0.2) is 0 Å². The average molecular weight is 230 g/mol. The van der Waals surface area contributed by atoms with E-state index in [2.05, 4.69) is 25.8 Å². The van der Waals surface area contributed by atoms with Crippen LogP contribution in [0.25, 0.3) is 5.69 Å². The Hall–Kier alpha value is -1.77. The number of imidazole rings is 1. The Bertz CT molecular complexity index is 537. The molecule has 3 heteroatoms. The van der Waals surface area contributed by atoms with E-state index in [1.807, 2.05) is 36.5 Å². The Morgan fingerprint density at radius 3 is 2.35 bits per heavy atom. The lowest BCUT2D eigenvalue weighted by molar-refractivity contribution is 0.525. The van der Waals surface area contributed by atoms with Crippen LogP contribution in [0.4, 0.5) is 0 Å². The Kier molecular flexibility index (Phi) is 3.18. The monoisotopic (exact) mass is 230 g/mol. The van der Waals surface area contributed by atoms with Crippen LogP contribution in [0.3, 0.4) is 0 Å². The molecule has 17 heavy (non-hydrogen) atoms. The highest BCUT2D eigenvalue weighted by Crippen LogP contribution is 2.21. The maximum absolute atomic E-state index is 11.9. The van der Waals surface area contributed by atoms with E-state index >= 15 is 0 Å². The third-order valence-electron chi connectivity index (χ3n) is 3.26. The predicted octanol–water partition coefficient (Wildman–Crippen LogP) is 2.93. The normalized spacial score (nSPS) is 12.9. The molecule has 0 saturated heterocycles. The quantitative estimate of drug-likeness (QED) is 0.865. The van der Waals surface area contributed by atoms with Gasteiger partial charge in [-0.2, -0.15) is 0 Å². The van der Waals surface area contributed by atoms with Gasteiger partial charge in [-0.25, -0.2) is 4.79 Å². The van der Waals surface area contributed by atoms with E-state index in [1.54, 1.807) is 4.57 Å². The molecular formula is C14H18N2O. The van der Waals surface area contributed by atoms with Crippen molar-refractivity contribution in [3.63, 3.8) is 0 Å². The number of H-pyrrole nitrogens is 1. The number of para-hydroxylation sites is 1. The molecule has 0 aliphatic rings. The van der Waals surface area contributed by atoms with Crippen LogP contribution in [-0.4, -0.2) is 9.55 Å². The number of nitrogens with one attached hydrogen (secondary N) is 1. The largest absolute Gasteiger partial charge is 0.330 e. The summed E-state index contributed by atoms with van der Waals surface area (Å²) in [6, 6.07) is 9.66. The van der Waals surface area contributed by atoms with E-state index in [0.717, 1.165) is 11.4 Å². The summed E-state index contributed by atoms with van der Waals surface area (Å²) >= 11 is 0. The molecule has 0 radical (unpaired) electrons. The second-order valence-corrected chi connectivity index (χ2v) is 4.75. The molecule has 0 saturated carbocycles. The first-order valence-corrected chi connectivity index (χ1v) is 5.96. The van der Waals surface area contributed by atoms with Gasteiger partial charge in [-0.05, 0) is 18.1 Å². The van der Waals surface area contributed by atoms with Crippen molar-refractivity contribution in [2.75, 3.05) is 0 Å². The molecule has 1 heterocycles. The highest BCUT2D eigenvalue weighted by molar-refractivity contribution is 5.32. The van der Waals surface area contributed by atoms with Crippen molar-refractivity contribution in [2.24, 2.45) is 5.92 Å². The van der Waals surface area contributed by atoms with Crippen LogP contribution in [0.2, 0.25) is 0 Å². The number of benzene rings is 1. The molecule has 0 bridgehead atoms. The summed E-state index contributed by atoms with van der Waals surface area (Å²) < 4.78 is 1.66. The molecule has 2 rings (SSSR count). The summed E-state index contributed by atoms with van der Waals surface area (Å²) in [6.45, 7) is 6.44. The van der Waals surface area contributed by atoms with E-state index in [9.17, 15) is 4.79 Å². The Labute approximate surface area is 101 Å². The molecule has 0 amide bonds. The van der Waals surface area contributed by atoms with Gasteiger partial charge in [0, 0.05) is 17.8 Å². The zero-order chi connectivity index (χ0) is 12.4. The van der Waals surface area contributed by atoms with Crippen molar-refractivity contribution < 1.29 is 0 Å². The van der Waals surface area contributed by atoms with E-state index in [1.165, 1.54) is 0 Å². The van der Waals surface area contributed by atoms with Gasteiger partial charge in [0.25, 0.3) is 0 Å². The fourth-order valence-electron chi connectivity index (χ4n) is 1.78. The van der Waals surface area contributed by atoms with Gasteiger partial charge < -0.3 is 4.98 Å². The van der Waals surface area contributed by atoms with Crippen LogP contribution in [0.5, 0.6) is 0 Å². The highest BCUT2D eigenvalue weighted by Gasteiger charge is 2.14. The van der Waals surface area contributed by atoms with Gasteiger partial charge >= 0.3 is 5.69 Å². The molecule has 0 fully saturated rings. The summed E-state index contributed by atoms with van der Waals surface area (Å²) in [6.07, 6.45) is 1.91. The van der Waals surface area contributed by atoms with Gasteiger partial charge in [-0.15, -0.1) is 0 Å². The molecule has 1 unspecified atom stereocenters. The third kappa shape index (κ3) is 2.33. The van der Waals surface area contributed by atoms with Crippen molar-refractivity contribution in [1.82, 2.24) is 9.55 Å². The standard InChI is InChI=1S/C14H18N2O/c1-10(2)11(3)13-9-16(14(17)15-13)12-7-5-4-6-8-12/h4-11H,1-3H3,(H,15,17). The molecule has 3 nitrogen and oxygen atoms in total. The Morgan fingerprint density at radius 2 is 1.76 bits per heavy atom. The van der Waals surface area contributed by atoms with E-state index in [4.69, 9.17) is 0 Å². The zero-order valence-electron chi connectivity index (χ0n) is 10.5. The fraction of sp³-hybridized carbons (Fsp3) is 0.357. The summed E-state index contributed by atoms with van der Waals surface area (Å²) in [4.78, 5) is 14.8. The van der Waals surface area contributed by atoms with Crippen LogP contribution >= 0.6 is 0 Å².